The molecular formula is C18H17N5O3. The molecule has 8 heteroatoms. The predicted molar refractivity (Wildman–Crippen MR) is 93.9 cm³/mol. The first-order chi connectivity index (χ1) is 12.6. The molecule has 0 aliphatic rings. The number of benzene rings is 2. The zero-order chi connectivity index (χ0) is 18.5. The van der Waals surface area contributed by atoms with E-state index in [-0.39, 0.29) is 5.91 Å². The molecule has 1 atom stereocenters. The number of para-hydroxylation sites is 1. The zero-order valence-electron chi connectivity index (χ0n) is 14.3. The van der Waals surface area contributed by atoms with E-state index in [1.165, 1.54) is 15.9 Å². The molecule has 0 radical (unpaired) electrons. The number of rotatable bonds is 5. The Bertz CT molecular complexity index is 879. The van der Waals surface area contributed by atoms with Crippen LogP contribution in [0.25, 0.3) is 5.69 Å². The molecule has 132 valence electrons. The summed E-state index contributed by atoms with van der Waals surface area (Å²) in [6, 6.07) is 15.7. The van der Waals surface area contributed by atoms with Gasteiger partial charge in [-0.1, -0.05) is 18.2 Å². The summed E-state index contributed by atoms with van der Waals surface area (Å²) in [4.78, 5) is 26.2. The first-order valence-corrected chi connectivity index (χ1v) is 7.93. The highest BCUT2D eigenvalue weighted by Crippen LogP contribution is 2.15. The minimum Gasteiger partial charge on any atom is -0.449 e. The van der Waals surface area contributed by atoms with Gasteiger partial charge in [0.15, 0.2) is 6.10 Å². The minimum atomic E-state index is -0.910. The molecule has 3 rings (SSSR count). The predicted octanol–water partition coefficient (Wildman–Crippen LogP) is 1.87. The molecule has 1 heterocycles. The normalized spacial score (nSPS) is 11.6. The SMILES string of the molecule is C[C@H](OC(=O)c1ccc(-n2cnnn2)cc1)C(=O)N(C)c1ccccc1. The van der Waals surface area contributed by atoms with E-state index in [0.29, 0.717) is 11.3 Å². The lowest BCUT2D eigenvalue weighted by molar-refractivity contribution is -0.126. The topological polar surface area (TPSA) is 90.2 Å². The van der Waals surface area contributed by atoms with E-state index in [4.69, 9.17) is 4.74 Å². The van der Waals surface area contributed by atoms with Crippen LogP contribution in [0.5, 0.6) is 0 Å². The summed E-state index contributed by atoms with van der Waals surface area (Å²) in [5.74, 6) is -0.884. The number of ether oxygens (including phenoxy) is 1. The molecule has 2 aromatic carbocycles. The number of carbonyl (C=O) groups is 2. The van der Waals surface area contributed by atoms with Gasteiger partial charge < -0.3 is 9.64 Å². The van der Waals surface area contributed by atoms with Crippen LogP contribution in [0.4, 0.5) is 5.69 Å². The molecule has 26 heavy (non-hydrogen) atoms. The molecule has 8 nitrogen and oxygen atoms in total. The molecule has 0 unspecified atom stereocenters. The average molecular weight is 351 g/mol. The Balaban J connectivity index is 1.64. The van der Waals surface area contributed by atoms with Crippen LogP contribution in [0, 0.1) is 0 Å². The molecule has 0 N–H and O–H groups in total. The van der Waals surface area contributed by atoms with Crippen LogP contribution in [0.15, 0.2) is 60.9 Å². The Morgan fingerprint density at radius 3 is 2.38 bits per heavy atom. The monoisotopic (exact) mass is 351 g/mol. The molecule has 1 aromatic heterocycles. The molecule has 1 amide bonds. The van der Waals surface area contributed by atoms with Crippen molar-refractivity contribution in [3.63, 3.8) is 0 Å². The zero-order valence-corrected chi connectivity index (χ0v) is 14.3. The van der Waals surface area contributed by atoms with Crippen LogP contribution >= 0.6 is 0 Å². The minimum absolute atomic E-state index is 0.310. The number of nitrogens with zero attached hydrogens (tertiary/aromatic N) is 5. The molecule has 0 bridgehead atoms. The highest BCUT2D eigenvalue weighted by Gasteiger charge is 2.23. The molecule has 0 saturated carbocycles. The van der Waals surface area contributed by atoms with Crippen molar-refractivity contribution in [3.8, 4) is 5.69 Å². The van der Waals surface area contributed by atoms with E-state index in [1.807, 2.05) is 30.3 Å². The highest BCUT2D eigenvalue weighted by atomic mass is 16.5. The van der Waals surface area contributed by atoms with Crippen molar-refractivity contribution in [1.82, 2.24) is 20.2 Å². The fraction of sp³-hybridized carbons (Fsp3) is 0.167. The number of aromatic nitrogens is 4. The third-order valence-electron chi connectivity index (χ3n) is 3.82. The van der Waals surface area contributed by atoms with E-state index < -0.39 is 12.1 Å². The number of likely N-dealkylation sites (N-methyl/N-ethyl adjacent to an activating group) is 1. The van der Waals surface area contributed by atoms with E-state index in [9.17, 15) is 9.59 Å². The summed E-state index contributed by atoms with van der Waals surface area (Å²) >= 11 is 0. The van der Waals surface area contributed by atoms with Gasteiger partial charge in [0.2, 0.25) is 0 Å². The quantitative estimate of drug-likeness (QED) is 0.652. The van der Waals surface area contributed by atoms with E-state index in [0.717, 1.165) is 5.69 Å². The standard InChI is InChI=1S/C18H17N5O3/c1-13(17(24)22(2)15-6-4-3-5-7-15)26-18(25)14-8-10-16(11-9-14)23-12-19-20-21-23/h3-13H,1-2H3/t13-/m0/s1. The summed E-state index contributed by atoms with van der Waals surface area (Å²) in [5, 5.41) is 10.9. The van der Waals surface area contributed by atoms with Crippen molar-refractivity contribution < 1.29 is 14.3 Å². The molecule has 0 fully saturated rings. The average Bonchev–Trinajstić information content (AvgIpc) is 3.22. The van der Waals surface area contributed by atoms with Crippen molar-refractivity contribution in [3.05, 3.63) is 66.5 Å². The number of amides is 1. The molecule has 3 aromatic rings. The van der Waals surface area contributed by atoms with Crippen molar-refractivity contribution in [1.29, 1.82) is 0 Å². The van der Waals surface area contributed by atoms with E-state index >= 15 is 0 Å². The van der Waals surface area contributed by atoms with Gasteiger partial charge in [-0.3, -0.25) is 4.79 Å². The van der Waals surface area contributed by atoms with Crippen molar-refractivity contribution in [2.75, 3.05) is 11.9 Å². The molecular weight excluding hydrogens is 334 g/mol. The van der Waals surface area contributed by atoms with E-state index in [2.05, 4.69) is 15.5 Å². The van der Waals surface area contributed by atoms with E-state index in [1.54, 1.807) is 38.2 Å². The Hall–Kier alpha value is -3.55. The van der Waals surface area contributed by atoms with Gasteiger partial charge in [0.25, 0.3) is 5.91 Å². The summed E-state index contributed by atoms with van der Waals surface area (Å²) in [6.45, 7) is 1.55. The van der Waals surface area contributed by atoms with Crippen LogP contribution in [-0.2, 0) is 9.53 Å². The van der Waals surface area contributed by atoms with Crippen LogP contribution in [0.2, 0.25) is 0 Å². The van der Waals surface area contributed by atoms with Crippen molar-refractivity contribution >= 4 is 17.6 Å². The number of carbonyl (C=O) groups excluding carboxylic acids is 2. The van der Waals surface area contributed by atoms with Crippen LogP contribution in [-0.4, -0.2) is 45.2 Å². The number of tetrazole rings is 1. The van der Waals surface area contributed by atoms with Gasteiger partial charge in [0.1, 0.15) is 6.33 Å². The van der Waals surface area contributed by atoms with Crippen LogP contribution < -0.4 is 4.90 Å². The fourth-order valence-electron chi connectivity index (χ4n) is 2.36. The number of esters is 1. The highest BCUT2D eigenvalue weighted by molar-refractivity contribution is 5.98. The third kappa shape index (κ3) is 3.75. The number of hydrogen-bond acceptors (Lipinski definition) is 6. The lowest BCUT2D eigenvalue weighted by Crippen LogP contribution is -2.37. The maximum absolute atomic E-state index is 12.4. The number of anilines is 1. The van der Waals surface area contributed by atoms with Gasteiger partial charge in [-0.05, 0) is 53.7 Å². The molecule has 0 saturated heterocycles. The Morgan fingerprint density at radius 2 is 1.77 bits per heavy atom. The van der Waals surface area contributed by atoms with Crippen LogP contribution in [0.1, 0.15) is 17.3 Å². The lowest BCUT2D eigenvalue weighted by atomic mass is 10.2. The first-order valence-electron chi connectivity index (χ1n) is 7.93. The molecule has 0 spiro atoms. The first kappa shape index (κ1) is 17.3. The van der Waals surface area contributed by atoms with Crippen molar-refractivity contribution in [2.45, 2.75) is 13.0 Å². The Labute approximate surface area is 150 Å². The maximum Gasteiger partial charge on any atom is 0.338 e. The summed E-state index contributed by atoms with van der Waals surface area (Å²) in [6.07, 6.45) is 0.542. The second-order valence-corrected chi connectivity index (χ2v) is 5.58. The fourth-order valence-corrected chi connectivity index (χ4v) is 2.36. The smallest absolute Gasteiger partial charge is 0.338 e. The van der Waals surface area contributed by atoms with Gasteiger partial charge in [-0.25, -0.2) is 9.48 Å². The molecule has 0 aliphatic heterocycles. The summed E-state index contributed by atoms with van der Waals surface area (Å²) in [7, 11) is 1.64. The Kier molecular flexibility index (Phi) is 5.02. The Morgan fingerprint density at radius 1 is 1.08 bits per heavy atom. The second kappa shape index (κ2) is 7.56. The van der Waals surface area contributed by atoms with Crippen molar-refractivity contribution in [2.24, 2.45) is 0 Å². The summed E-state index contributed by atoms with van der Waals surface area (Å²) < 4.78 is 6.76. The third-order valence-corrected chi connectivity index (χ3v) is 3.82. The van der Waals surface area contributed by atoms with Gasteiger partial charge in [0, 0.05) is 12.7 Å². The lowest BCUT2D eigenvalue weighted by Gasteiger charge is -2.21. The van der Waals surface area contributed by atoms with Gasteiger partial charge >= 0.3 is 5.97 Å². The van der Waals surface area contributed by atoms with Gasteiger partial charge in [-0.15, -0.1) is 5.10 Å². The summed E-state index contributed by atoms with van der Waals surface area (Å²) in [5.41, 5.74) is 1.77. The van der Waals surface area contributed by atoms with Crippen LogP contribution in [0.3, 0.4) is 0 Å². The second-order valence-electron chi connectivity index (χ2n) is 5.58. The largest absolute Gasteiger partial charge is 0.449 e. The molecule has 0 aliphatic carbocycles. The van der Waals surface area contributed by atoms with Gasteiger partial charge in [0.05, 0.1) is 11.3 Å². The van der Waals surface area contributed by atoms with Gasteiger partial charge in [-0.2, -0.15) is 0 Å². The number of hydrogen-bond donors (Lipinski definition) is 0. The maximum atomic E-state index is 12.4.